The van der Waals surface area contributed by atoms with Gasteiger partial charge in [0.2, 0.25) is 0 Å². The van der Waals surface area contributed by atoms with Crippen molar-refractivity contribution < 1.29 is 14.0 Å². The van der Waals surface area contributed by atoms with Crippen molar-refractivity contribution in [2.45, 2.75) is 38.9 Å². The molecule has 4 rings (SSSR count). The Bertz CT molecular complexity index is 1140. The van der Waals surface area contributed by atoms with Gasteiger partial charge in [0.25, 0.3) is 5.56 Å². The number of pyridine rings is 1. The van der Waals surface area contributed by atoms with Gasteiger partial charge >= 0.3 is 7.12 Å². The molecule has 29 heavy (non-hydrogen) atoms. The van der Waals surface area contributed by atoms with Crippen LogP contribution in [0.25, 0.3) is 16.5 Å². The lowest BCUT2D eigenvalue weighted by Crippen LogP contribution is -2.41. The van der Waals surface area contributed by atoms with Gasteiger partial charge in [0.05, 0.1) is 35.6 Å². The molecule has 0 unspecified atom stereocenters. The van der Waals surface area contributed by atoms with Gasteiger partial charge in [-0.2, -0.15) is 0 Å². The predicted octanol–water partition coefficient (Wildman–Crippen LogP) is 3.95. The first-order valence-corrected chi connectivity index (χ1v) is 9.86. The molecule has 0 atom stereocenters. The van der Waals surface area contributed by atoms with Crippen molar-refractivity contribution in [3.63, 3.8) is 0 Å². The minimum absolute atomic E-state index is 0.165. The van der Waals surface area contributed by atoms with Gasteiger partial charge in [0, 0.05) is 10.4 Å². The van der Waals surface area contributed by atoms with E-state index in [1.54, 1.807) is 30.0 Å². The summed E-state index contributed by atoms with van der Waals surface area (Å²) in [5.74, 6) is 0.597. The molecule has 7 heteroatoms. The summed E-state index contributed by atoms with van der Waals surface area (Å²) in [4.78, 5) is 13.3. The predicted molar refractivity (Wildman–Crippen MR) is 117 cm³/mol. The molecule has 150 valence electrons. The lowest BCUT2D eigenvalue weighted by atomic mass is 9.78. The summed E-state index contributed by atoms with van der Waals surface area (Å²) in [7, 11) is 1.04. The number of nitrogens with zero attached hydrogens (tertiary/aromatic N) is 1. The fourth-order valence-electron chi connectivity index (χ4n) is 3.44. The second-order valence-electron chi connectivity index (χ2n) is 8.25. The molecule has 0 saturated carbocycles. The molecular formula is C22H23BClNO4. The van der Waals surface area contributed by atoms with Crippen molar-refractivity contribution >= 4 is 35.0 Å². The normalized spacial score (nSPS) is 17.7. The Morgan fingerprint density at radius 2 is 1.69 bits per heavy atom. The lowest BCUT2D eigenvalue weighted by molar-refractivity contribution is 0.00578. The topological polar surface area (TPSA) is 49.7 Å². The van der Waals surface area contributed by atoms with Crippen molar-refractivity contribution in [3.05, 3.63) is 64.0 Å². The Morgan fingerprint density at radius 3 is 2.31 bits per heavy atom. The number of ether oxygens (including phenoxy) is 1. The molecule has 0 N–H and O–H groups in total. The molecule has 0 bridgehead atoms. The Morgan fingerprint density at radius 1 is 1.00 bits per heavy atom. The number of benzene rings is 2. The third-order valence-electron chi connectivity index (χ3n) is 5.84. The summed E-state index contributed by atoms with van der Waals surface area (Å²) in [6.07, 6.45) is 1.69. The number of methoxy groups -OCH3 is 1. The van der Waals surface area contributed by atoms with Gasteiger partial charge in [-0.25, -0.2) is 0 Å². The van der Waals surface area contributed by atoms with Crippen molar-refractivity contribution in [2.75, 3.05) is 7.11 Å². The highest BCUT2D eigenvalue weighted by molar-refractivity contribution is 6.62. The third-order valence-corrected chi connectivity index (χ3v) is 6.07. The molecule has 0 aliphatic carbocycles. The standard InChI is InChI=1S/C22H23BClNO4/c1-21(2)22(3,4)29-23(28-21)14-9-10-17-18(11-14)20(26)25(13-19(17)27-5)16-8-6-7-15(24)12-16/h6-13H,1-5H3. The largest absolute Gasteiger partial charge is 0.495 e. The van der Waals surface area contributed by atoms with E-state index in [9.17, 15) is 4.79 Å². The minimum Gasteiger partial charge on any atom is -0.495 e. The molecule has 0 radical (unpaired) electrons. The van der Waals surface area contributed by atoms with Crippen LogP contribution < -0.4 is 15.8 Å². The molecule has 1 fully saturated rings. The fraction of sp³-hybridized carbons (Fsp3) is 0.318. The second kappa shape index (κ2) is 6.90. The van der Waals surface area contributed by atoms with Gasteiger partial charge in [0.15, 0.2) is 0 Å². The van der Waals surface area contributed by atoms with Crippen LogP contribution in [0.5, 0.6) is 5.75 Å². The van der Waals surface area contributed by atoms with E-state index in [1.165, 1.54) is 0 Å². The van der Waals surface area contributed by atoms with Gasteiger partial charge < -0.3 is 14.0 Å². The minimum atomic E-state index is -0.547. The van der Waals surface area contributed by atoms with Crippen LogP contribution in [0.4, 0.5) is 0 Å². The van der Waals surface area contributed by atoms with E-state index >= 15 is 0 Å². The molecule has 1 aliphatic rings. The summed E-state index contributed by atoms with van der Waals surface area (Å²) in [5, 5.41) is 1.81. The van der Waals surface area contributed by atoms with E-state index in [2.05, 4.69) is 0 Å². The number of fused-ring (bicyclic) bond motifs is 1. The van der Waals surface area contributed by atoms with Crippen LogP contribution in [-0.2, 0) is 9.31 Å². The Labute approximate surface area is 175 Å². The zero-order valence-electron chi connectivity index (χ0n) is 17.2. The summed E-state index contributed by atoms with van der Waals surface area (Å²) in [6, 6.07) is 12.8. The van der Waals surface area contributed by atoms with Gasteiger partial charge in [0.1, 0.15) is 5.75 Å². The first-order chi connectivity index (χ1) is 13.6. The van der Waals surface area contributed by atoms with Crippen LogP contribution in [0.3, 0.4) is 0 Å². The van der Waals surface area contributed by atoms with Crippen molar-refractivity contribution in [2.24, 2.45) is 0 Å². The van der Waals surface area contributed by atoms with Crippen molar-refractivity contribution in [1.29, 1.82) is 0 Å². The second-order valence-corrected chi connectivity index (χ2v) is 8.68. The van der Waals surface area contributed by atoms with Gasteiger partial charge in [-0.3, -0.25) is 9.36 Å². The number of hydrogen-bond acceptors (Lipinski definition) is 4. The lowest BCUT2D eigenvalue weighted by Gasteiger charge is -2.32. The van der Waals surface area contributed by atoms with Gasteiger partial charge in [-0.1, -0.05) is 29.8 Å². The maximum Gasteiger partial charge on any atom is 0.494 e. The van der Waals surface area contributed by atoms with Crippen LogP contribution in [0.15, 0.2) is 53.5 Å². The smallest absolute Gasteiger partial charge is 0.494 e. The zero-order valence-corrected chi connectivity index (χ0v) is 17.9. The fourth-order valence-corrected chi connectivity index (χ4v) is 3.62. The molecule has 0 spiro atoms. The van der Waals surface area contributed by atoms with E-state index in [0.29, 0.717) is 21.8 Å². The number of rotatable bonds is 3. The zero-order chi connectivity index (χ0) is 21.0. The Kier molecular flexibility index (Phi) is 4.77. The average Bonchev–Trinajstić information content (AvgIpc) is 2.89. The van der Waals surface area contributed by atoms with Crippen molar-refractivity contribution in [1.82, 2.24) is 4.57 Å². The summed E-state index contributed by atoms with van der Waals surface area (Å²) < 4.78 is 19.4. The monoisotopic (exact) mass is 411 g/mol. The molecular weight excluding hydrogens is 389 g/mol. The summed E-state index contributed by atoms with van der Waals surface area (Å²) >= 11 is 6.12. The van der Waals surface area contributed by atoms with Crippen LogP contribution >= 0.6 is 11.6 Å². The molecule has 1 aromatic heterocycles. The molecule has 0 amide bonds. The quantitative estimate of drug-likeness (QED) is 0.612. The van der Waals surface area contributed by atoms with Gasteiger partial charge in [-0.05, 0) is 57.4 Å². The van der Waals surface area contributed by atoms with E-state index in [0.717, 1.165) is 10.8 Å². The summed E-state index contributed by atoms with van der Waals surface area (Å²) in [5.41, 5.74) is 0.383. The van der Waals surface area contributed by atoms with Gasteiger partial charge in [-0.15, -0.1) is 0 Å². The highest BCUT2D eigenvalue weighted by atomic mass is 35.5. The Hall–Kier alpha value is -2.28. The van der Waals surface area contributed by atoms with E-state index in [-0.39, 0.29) is 5.56 Å². The summed E-state index contributed by atoms with van der Waals surface area (Å²) in [6.45, 7) is 8.01. The third kappa shape index (κ3) is 3.35. The average molecular weight is 412 g/mol. The highest BCUT2D eigenvalue weighted by Gasteiger charge is 2.51. The van der Waals surface area contributed by atoms with E-state index in [4.69, 9.17) is 25.6 Å². The molecule has 1 saturated heterocycles. The molecule has 2 aromatic carbocycles. The van der Waals surface area contributed by atoms with Crippen LogP contribution in [-0.4, -0.2) is 30.0 Å². The number of aromatic nitrogens is 1. The van der Waals surface area contributed by atoms with E-state index < -0.39 is 18.3 Å². The SMILES string of the molecule is COc1cn(-c2cccc(Cl)c2)c(=O)c2cc(B3OC(C)(C)C(C)(C)O3)ccc12. The Balaban J connectivity index is 1.88. The highest BCUT2D eigenvalue weighted by Crippen LogP contribution is 2.36. The number of hydrogen-bond donors (Lipinski definition) is 0. The van der Waals surface area contributed by atoms with Crippen LogP contribution in [0.1, 0.15) is 27.7 Å². The molecule has 3 aromatic rings. The first kappa shape index (κ1) is 20.0. The van der Waals surface area contributed by atoms with Crippen LogP contribution in [0.2, 0.25) is 5.02 Å². The maximum absolute atomic E-state index is 13.3. The van der Waals surface area contributed by atoms with Crippen LogP contribution in [0, 0.1) is 0 Å². The van der Waals surface area contributed by atoms with E-state index in [1.807, 2.05) is 58.0 Å². The number of halogens is 1. The molecule has 5 nitrogen and oxygen atoms in total. The first-order valence-electron chi connectivity index (χ1n) is 9.48. The van der Waals surface area contributed by atoms with Crippen molar-refractivity contribution in [3.8, 4) is 11.4 Å². The molecule has 2 heterocycles. The molecule has 1 aliphatic heterocycles. The maximum atomic E-state index is 13.3.